The van der Waals surface area contributed by atoms with Gasteiger partial charge in [-0.25, -0.2) is 9.99 Å². The molecule has 0 radical (unpaired) electrons. The number of hydrazine groups is 1. The van der Waals surface area contributed by atoms with Crippen LogP contribution in [0.15, 0.2) is 12.1 Å². The lowest BCUT2D eigenvalue weighted by molar-refractivity contribution is 0.0995. The van der Waals surface area contributed by atoms with Crippen LogP contribution in [0.5, 0.6) is 0 Å². The van der Waals surface area contributed by atoms with Crippen molar-refractivity contribution in [2.75, 3.05) is 44.4 Å². The Bertz CT molecular complexity index is 441. The first-order valence-electron chi connectivity index (χ1n) is 5.83. The van der Waals surface area contributed by atoms with E-state index in [1.807, 2.05) is 5.01 Å². The topological polar surface area (TPSA) is 101 Å². The number of carbonyl (C=O) groups excluding carboxylic acids is 1. The zero-order valence-electron chi connectivity index (χ0n) is 10.4. The van der Waals surface area contributed by atoms with Crippen molar-refractivity contribution in [3.8, 4) is 0 Å². The Kier molecular flexibility index (Phi) is 3.63. The minimum atomic E-state index is -0.559. The monoisotopic (exact) mass is 250 g/mol. The van der Waals surface area contributed by atoms with Gasteiger partial charge >= 0.3 is 0 Å². The zero-order valence-corrected chi connectivity index (χ0v) is 10.4. The maximum atomic E-state index is 11.1. The molecule has 7 heteroatoms. The first kappa shape index (κ1) is 12.6. The summed E-state index contributed by atoms with van der Waals surface area (Å²) < 4.78 is 0. The molecule has 0 saturated carbocycles. The highest BCUT2D eigenvalue weighted by molar-refractivity contribution is 5.91. The number of rotatable bonds is 3. The van der Waals surface area contributed by atoms with E-state index in [1.165, 1.54) is 6.07 Å². The summed E-state index contributed by atoms with van der Waals surface area (Å²) >= 11 is 0. The van der Waals surface area contributed by atoms with E-state index in [-0.39, 0.29) is 5.69 Å². The van der Waals surface area contributed by atoms with Gasteiger partial charge in [0, 0.05) is 26.2 Å². The molecule has 0 spiro atoms. The van der Waals surface area contributed by atoms with E-state index in [4.69, 9.17) is 11.5 Å². The number of nitrogens with zero attached hydrogens (tertiary/aromatic N) is 3. The molecule has 1 aromatic heterocycles. The van der Waals surface area contributed by atoms with Crippen molar-refractivity contribution < 1.29 is 4.79 Å². The SMILES string of the molecule is CN1CCN(Nc2nc(C(N)=O)ccc2N)CC1. The maximum Gasteiger partial charge on any atom is 0.267 e. The number of carbonyl (C=O) groups is 1. The molecule has 0 bridgehead atoms. The zero-order chi connectivity index (χ0) is 13.1. The summed E-state index contributed by atoms with van der Waals surface area (Å²) in [7, 11) is 2.08. The number of aromatic nitrogens is 1. The minimum Gasteiger partial charge on any atom is -0.396 e. The van der Waals surface area contributed by atoms with Gasteiger partial charge in [0.05, 0.1) is 5.69 Å². The lowest BCUT2D eigenvalue weighted by Crippen LogP contribution is -2.47. The van der Waals surface area contributed by atoms with Crippen LogP contribution in [-0.4, -0.2) is 54.0 Å². The Balaban J connectivity index is 2.08. The molecular formula is C11H18N6O. The number of hydrogen-bond acceptors (Lipinski definition) is 6. The van der Waals surface area contributed by atoms with E-state index in [1.54, 1.807) is 6.07 Å². The number of piperazine rings is 1. The van der Waals surface area contributed by atoms with Crippen molar-refractivity contribution in [2.45, 2.75) is 0 Å². The first-order valence-corrected chi connectivity index (χ1v) is 5.83. The summed E-state index contributed by atoms with van der Waals surface area (Å²) in [5.41, 5.74) is 14.8. The number of hydrogen-bond donors (Lipinski definition) is 3. The van der Waals surface area contributed by atoms with Crippen LogP contribution < -0.4 is 16.9 Å². The standard InChI is InChI=1S/C11H18N6O/c1-16-4-6-17(7-5-16)15-11-8(12)2-3-9(14-11)10(13)18/h2-3H,4-7,12H2,1H3,(H2,13,18)(H,14,15). The van der Waals surface area contributed by atoms with Gasteiger partial charge in [-0.2, -0.15) is 0 Å². The van der Waals surface area contributed by atoms with Gasteiger partial charge in [-0.1, -0.05) is 0 Å². The molecule has 2 heterocycles. The molecule has 5 N–H and O–H groups in total. The summed E-state index contributed by atoms with van der Waals surface area (Å²) in [6, 6.07) is 3.15. The summed E-state index contributed by atoms with van der Waals surface area (Å²) in [4.78, 5) is 17.4. The van der Waals surface area contributed by atoms with Gasteiger partial charge < -0.3 is 21.8 Å². The molecule has 1 saturated heterocycles. The number of anilines is 2. The van der Waals surface area contributed by atoms with Crippen LogP contribution in [0.25, 0.3) is 0 Å². The van der Waals surface area contributed by atoms with Crippen molar-refractivity contribution in [1.82, 2.24) is 14.9 Å². The third-order valence-corrected chi connectivity index (χ3v) is 2.95. The minimum absolute atomic E-state index is 0.209. The number of likely N-dealkylation sites (N-methyl/N-ethyl adjacent to an activating group) is 1. The Morgan fingerprint density at radius 1 is 1.33 bits per heavy atom. The third-order valence-electron chi connectivity index (χ3n) is 2.95. The van der Waals surface area contributed by atoms with E-state index in [0.717, 1.165) is 26.2 Å². The van der Waals surface area contributed by atoms with E-state index < -0.39 is 5.91 Å². The van der Waals surface area contributed by atoms with Crippen LogP contribution in [-0.2, 0) is 0 Å². The highest BCUT2D eigenvalue weighted by Crippen LogP contribution is 2.16. The molecule has 1 amide bonds. The van der Waals surface area contributed by atoms with Gasteiger partial charge in [0.15, 0.2) is 5.82 Å². The molecular weight excluding hydrogens is 232 g/mol. The summed E-state index contributed by atoms with van der Waals surface area (Å²) in [6.07, 6.45) is 0. The van der Waals surface area contributed by atoms with Gasteiger partial charge in [-0.15, -0.1) is 0 Å². The third kappa shape index (κ3) is 2.88. The van der Waals surface area contributed by atoms with Crippen LogP contribution in [0.2, 0.25) is 0 Å². The molecule has 0 unspecified atom stereocenters. The van der Waals surface area contributed by atoms with Crippen molar-refractivity contribution in [3.63, 3.8) is 0 Å². The van der Waals surface area contributed by atoms with Crippen molar-refractivity contribution in [1.29, 1.82) is 0 Å². The largest absolute Gasteiger partial charge is 0.396 e. The smallest absolute Gasteiger partial charge is 0.267 e. The molecule has 0 aromatic carbocycles. The molecule has 98 valence electrons. The second-order valence-corrected chi connectivity index (χ2v) is 4.40. The van der Waals surface area contributed by atoms with Crippen LogP contribution >= 0.6 is 0 Å². The van der Waals surface area contributed by atoms with Crippen LogP contribution in [0.1, 0.15) is 10.5 Å². The number of nitrogens with two attached hydrogens (primary N) is 2. The van der Waals surface area contributed by atoms with Gasteiger partial charge in [-0.05, 0) is 19.2 Å². The van der Waals surface area contributed by atoms with E-state index >= 15 is 0 Å². The van der Waals surface area contributed by atoms with Crippen LogP contribution in [0.4, 0.5) is 11.5 Å². The van der Waals surface area contributed by atoms with E-state index in [0.29, 0.717) is 11.5 Å². The molecule has 7 nitrogen and oxygen atoms in total. The molecule has 1 aliphatic heterocycles. The number of amides is 1. The Morgan fingerprint density at radius 2 is 2.00 bits per heavy atom. The van der Waals surface area contributed by atoms with Crippen molar-refractivity contribution in [2.24, 2.45) is 5.73 Å². The number of pyridine rings is 1. The molecule has 1 fully saturated rings. The number of nitrogen functional groups attached to an aromatic ring is 1. The van der Waals surface area contributed by atoms with Gasteiger partial charge in [0.1, 0.15) is 5.69 Å². The van der Waals surface area contributed by atoms with Gasteiger partial charge in [0.25, 0.3) is 5.91 Å². The second kappa shape index (κ2) is 5.19. The predicted octanol–water partition coefficient (Wildman–Crippen LogP) is -0.663. The maximum absolute atomic E-state index is 11.1. The molecule has 1 aliphatic rings. The summed E-state index contributed by atoms with van der Waals surface area (Å²) in [6.45, 7) is 3.70. The van der Waals surface area contributed by atoms with E-state index in [2.05, 4.69) is 22.4 Å². The quantitative estimate of drug-likeness (QED) is 0.658. The average molecular weight is 250 g/mol. The van der Waals surface area contributed by atoms with Gasteiger partial charge in [-0.3, -0.25) is 4.79 Å². The van der Waals surface area contributed by atoms with Crippen molar-refractivity contribution >= 4 is 17.4 Å². The normalized spacial score (nSPS) is 17.6. The van der Waals surface area contributed by atoms with Crippen molar-refractivity contribution in [3.05, 3.63) is 17.8 Å². The summed E-state index contributed by atoms with van der Waals surface area (Å²) in [5.74, 6) is -0.0766. The average Bonchev–Trinajstić information content (AvgIpc) is 2.34. The Hall–Kier alpha value is -1.86. The fourth-order valence-electron chi connectivity index (χ4n) is 1.76. The van der Waals surface area contributed by atoms with Gasteiger partial charge in [0.2, 0.25) is 0 Å². The molecule has 2 rings (SSSR count). The molecule has 1 aromatic rings. The fourth-order valence-corrected chi connectivity index (χ4v) is 1.76. The summed E-state index contributed by atoms with van der Waals surface area (Å²) in [5, 5.41) is 2.03. The molecule has 0 aliphatic carbocycles. The first-order chi connectivity index (χ1) is 8.56. The van der Waals surface area contributed by atoms with Crippen LogP contribution in [0, 0.1) is 0 Å². The van der Waals surface area contributed by atoms with Crippen LogP contribution in [0.3, 0.4) is 0 Å². The lowest BCUT2D eigenvalue weighted by Gasteiger charge is -2.32. The number of primary amides is 1. The molecule has 0 atom stereocenters. The second-order valence-electron chi connectivity index (χ2n) is 4.40. The Morgan fingerprint density at radius 3 is 2.61 bits per heavy atom. The van der Waals surface area contributed by atoms with E-state index in [9.17, 15) is 4.79 Å². The highest BCUT2D eigenvalue weighted by Gasteiger charge is 2.15. The molecule has 18 heavy (non-hydrogen) atoms. The lowest BCUT2D eigenvalue weighted by atomic mass is 10.3. The predicted molar refractivity (Wildman–Crippen MR) is 69.9 cm³/mol. The number of nitrogens with one attached hydrogen (secondary N) is 1. The highest BCUT2D eigenvalue weighted by atomic mass is 16.1. The fraction of sp³-hybridized carbons (Fsp3) is 0.455. The Labute approximate surface area is 106 Å².